The van der Waals surface area contributed by atoms with Crippen molar-refractivity contribution >= 4 is 18.3 Å². The van der Waals surface area contributed by atoms with Crippen LogP contribution in [0.1, 0.15) is 19.8 Å². The normalized spacial score (nSPS) is 35.3. The Bertz CT molecular complexity index is 250. The lowest BCUT2D eigenvalue weighted by atomic mass is 9.76. The second kappa shape index (κ2) is 4.68. The van der Waals surface area contributed by atoms with Crippen molar-refractivity contribution in [3.8, 4) is 0 Å². The number of hydrogen-bond donors (Lipinski definition) is 2. The summed E-state index contributed by atoms with van der Waals surface area (Å²) in [6, 6.07) is 0. The molecule has 0 aromatic rings. The van der Waals surface area contributed by atoms with Crippen molar-refractivity contribution in [2.24, 2.45) is 5.92 Å². The summed E-state index contributed by atoms with van der Waals surface area (Å²) in [5.74, 6) is 0.339. The molecule has 1 amide bonds. The molecular formula is C10H19ClN2O2. The third-order valence-electron chi connectivity index (χ3n) is 3.59. The highest BCUT2D eigenvalue weighted by atomic mass is 35.5. The Hall–Kier alpha value is -0.320. The molecule has 2 atom stereocenters. The summed E-state index contributed by atoms with van der Waals surface area (Å²) >= 11 is 0. The summed E-state index contributed by atoms with van der Waals surface area (Å²) in [7, 11) is 0. The molecule has 2 heterocycles. The second-order valence-electron chi connectivity index (χ2n) is 4.47. The fourth-order valence-electron chi connectivity index (χ4n) is 2.51. The summed E-state index contributed by atoms with van der Waals surface area (Å²) in [6.07, 6.45) is 1.56. The minimum atomic E-state index is -0.517. The van der Waals surface area contributed by atoms with Crippen LogP contribution >= 0.6 is 12.4 Å². The number of aliphatic hydroxyl groups is 1. The van der Waals surface area contributed by atoms with Gasteiger partial charge in [0.2, 0.25) is 5.91 Å². The number of likely N-dealkylation sites (tertiary alicyclic amines) is 1. The predicted molar refractivity (Wildman–Crippen MR) is 60.0 cm³/mol. The Morgan fingerprint density at radius 3 is 2.93 bits per heavy atom. The third-order valence-corrected chi connectivity index (χ3v) is 3.59. The molecule has 2 aliphatic rings. The van der Waals surface area contributed by atoms with Crippen LogP contribution in [0.5, 0.6) is 0 Å². The predicted octanol–water partition coefficient (Wildman–Crippen LogP) is 0.001000. The van der Waals surface area contributed by atoms with Crippen molar-refractivity contribution in [3.63, 3.8) is 0 Å². The van der Waals surface area contributed by atoms with E-state index in [1.165, 1.54) is 0 Å². The molecular weight excluding hydrogens is 216 g/mol. The van der Waals surface area contributed by atoms with E-state index in [4.69, 9.17) is 0 Å². The zero-order valence-corrected chi connectivity index (χ0v) is 9.85. The zero-order chi connectivity index (χ0) is 10.2. The SMILES string of the molecule is CC(=O)N1CCC2(O)CCNCC2C1.Cl. The quantitative estimate of drug-likeness (QED) is 0.621. The van der Waals surface area contributed by atoms with Gasteiger partial charge in [0.1, 0.15) is 0 Å². The lowest BCUT2D eigenvalue weighted by Gasteiger charge is -2.47. The van der Waals surface area contributed by atoms with Gasteiger partial charge in [-0.25, -0.2) is 0 Å². The first kappa shape index (κ1) is 12.7. The van der Waals surface area contributed by atoms with Gasteiger partial charge in [0.15, 0.2) is 0 Å². The van der Waals surface area contributed by atoms with E-state index in [2.05, 4.69) is 5.32 Å². The molecule has 2 saturated heterocycles. The number of fused-ring (bicyclic) bond motifs is 1. The van der Waals surface area contributed by atoms with E-state index in [9.17, 15) is 9.90 Å². The van der Waals surface area contributed by atoms with E-state index in [-0.39, 0.29) is 24.2 Å². The Morgan fingerprint density at radius 2 is 2.27 bits per heavy atom. The number of nitrogens with one attached hydrogen (secondary N) is 1. The van der Waals surface area contributed by atoms with Gasteiger partial charge in [-0.05, 0) is 19.4 Å². The maximum absolute atomic E-state index is 11.2. The topological polar surface area (TPSA) is 52.6 Å². The van der Waals surface area contributed by atoms with Crippen molar-refractivity contribution < 1.29 is 9.90 Å². The van der Waals surface area contributed by atoms with Crippen LogP contribution in [-0.4, -0.2) is 47.7 Å². The standard InChI is InChI=1S/C10H18N2O2.ClH/c1-8(13)12-5-3-10(14)2-4-11-6-9(10)7-12;/h9,11,14H,2-7H2,1H3;1H. The first-order valence-electron chi connectivity index (χ1n) is 5.30. The fraction of sp³-hybridized carbons (Fsp3) is 0.900. The van der Waals surface area contributed by atoms with E-state index in [1.807, 2.05) is 4.90 Å². The van der Waals surface area contributed by atoms with Crippen molar-refractivity contribution in [1.82, 2.24) is 10.2 Å². The molecule has 5 heteroatoms. The number of nitrogens with zero attached hydrogens (tertiary/aromatic N) is 1. The van der Waals surface area contributed by atoms with Crippen molar-refractivity contribution in [2.75, 3.05) is 26.2 Å². The van der Waals surface area contributed by atoms with Gasteiger partial charge in [-0.15, -0.1) is 12.4 Å². The average Bonchev–Trinajstić information content (AvgIpc) is 2.16. The largest absolute Gasteiger partial charge is 0.389 e. The molecule has 15 heavy (non-hydrogen) atoms. The van der Waals surface area contributed by atoms with E-state index in [0.29, 0.717) is 13.1 Å². The van der Waals surface area contributed by atoms with Gasteiger partial charge in [0, 0.05) is 32.5 Å². The highest BCUT2D eigenvalue weighted by molar-refractivity contribution is 5.85. The van der Waals surface area contributed by atoms with Crippen LogP contribution < -0.4 is 5.32 Å². The summed E-state index contributed by atoms with van der Waals surface area (Å²) < 4.78 is 0. The first-order valence-corrected chi connectivity index (χ1v) is 5.30. The number of carbonyl (C=O) groups is 1. The molecule has 0 aromatic heterocycles. The van der Waals surface area contributed by atoms with Crippen molar-refractivity contribution in [3.05, 3.63) is 0 Å². The number of carbonyl (C=O) groups excluding carboxylic acids is 1. The smallest absolute Gasteiger partial charge is 0.219 e. The van der Waals surface area contributed by atoms with Crippen LogP contribution in [-0.2, 0) is 4.79 Å². The Labute approximate surface area is 96.4 Å². The van der Waals surface area contributed by atoms with Crippen LogP contribution in [0.25, 0.3) is 0 Å². The van der Waals surface area contributed by atoms with Crippen LogP contribution in [0.2, 0.25) is 0 Å². The molecule has 2 N–H and O–H groups in total. The van der Waals surface area contributed by atoms with E-state index in [0.717, 1.165) is 25.9 Å². The highest BCUT2D eigenvalue weighted by Gasteiger charge is 2.43. The molecule has 0 radical (unpaired) electrons. The lowest BCUT2D eigenvalue weighted by molar-refractivity contribution is -0.139. The molecule has 0 aliphatic carbocycles. The summed E-state index contributed by atoms with van der Waals surface area (Å²) in [6.45, 7) is 4.75. The summed E-state index contributed by atoms with van der Waals surface area (Å²) in [5.41, 5.74) is -0.517. The first-order chi connectivity index (χ1) is 6.62. The number of rotatable bonds is 0. The van der Waals surface area contributed by atoms with E-state index >= 15 is 0 Å². The third kappa shape index (κ3) is 2.44. The van der Waals surface area contributed by atoms with Gasteiger partial charge in [0.05, 0.1) is 5.60 Å². The maximum Gasteiger partial charge on any atom is 0.219 e. The van der Waals surface area contributed by atoms with Crippen LogP contribution in [0, 0.1) is 5.92 Å². The molecule has 2 rings (SSSR count). The highest BCUT2D eigenvalue weighted by Crippen LogP contribution is 2.32. The molecule has 0 aromatic carbocycles. The molecule has 2 fully saturated rings. The number of amides is 1. The Kier molecular flexibility index (Phi) is 3.98. The van der Waals surface area contributed by atoms with Gasteiger partial charge in [0.25, 0.3) is 0 Å². The van der Waals surface area contributed by atoms with E-state index in [1.54, 1.807) is 6.92 Å². The number of piperidine rings is 2. The lowest BCUT2D eigenvalue weighted by Crippen LogP contribution is -2.59. The van der Waals surface area contributed by atoms with Crippen LogP contribution in [0.3, 0.4) is 0 Å². The van der Waals surface area contributed by atoms with Crippen molar-refractivity contribution in [1.29, 1.82) is 0 Å². The van der Waals surface area contributed by atoms with Gasteiger partial charge in [-0.2, -0.15) is 0 Å². The average molecular weight is 235 g/mol. The van der Waals surface area contributed by atoms with Gasteiger partial charge >= 0.3 is 0 Å². The van der Waals surface area contributed by atoms with Crippen molar-refractivity contribution in [2.45, 2.75) is 25.4 Å². The maximum atomic E-state index is 11.2. The zero-order valence-electron chi connectivity index (χ0n) is 9.03. The minimum absolute atomic E-state index is 0. The Morgan fingerprint density at radius 1 is 1.53 bits per heavy atom. The molecule has 0 bridgehead atoms. The van der Waals surface area contributed by atoms with Gasteiger partial charge < -0.3 is 15.3 Å². The minimum Gasteiger partial charge on any atom is -0.389 e. The monoisotopic (exact) mass is 234 g/mol. The van der Waals surface area contributed by atoms with E-state index < -0.39 is 5.60 Å². The molecule has 88 valence electrons. The summed E-state index contributed by atoms with van der Waals surface area (Å²) in [5, 5.41) is 13.6. The molecule has 0 saturated carbocycles. The molecule has 2 aliphatic heterocycles. The van der Waals surface area contributed by atoms with Crippen LogP contribution in [0.4, 0.5) is 0 Å². The number of halogens is 1. The van der Waals surface area contributed by atoms with Gasteiger partial charge in [-0.1, -0.05) is 0 Å². The van der Waals surface area contributed by atoms with Gasteiger partial charge in [-0.3, -0.25) is 4.79 Å². The second-order valence-corrected chi connectivity index (χ2v) is 4.47. The Balaban J connectivity index is 0.00000112. The molecule has 4 nitrogen and oxygen atoms in total. The fourth-order valence-corrected chi connectivity index (χ4v) is 2.51. The van der Waals surface area contributed by atoms with Crippen LogP contribution in [0.15, 0.2) is 0 Å². The summed E-state index contributed by atoms with van der Waals surface area (Å²) in [4.78, 5) is 13.0. The molecule has 0 spiro atoms. The molecule has 2 unspecified atom stereocenters. The number of hydrogen-bond acceptors (Lipinski definition) is 3.